The molecule has 0 N–H and O–H groups in total. The molecule has 0 atom stereocenters. The largest absolute Gasteiger partial charge is 0.340 e. The van der Waals surface area contributed by atoms with Gasteiger partial charge >= 0.3 is 0 Å². The normalized spacial score (nSPS) is 22.4. The minimum absolute atomic E-state index is 0.166. The molecule has 26 heavy (non-hydrogen) atoms. The van der Waals surface area contributed by atoms with Crippen LogP contribution in [0.25, 0.3) is 0 Å². The number of fused-ring (bicyclic) bond motifs is 1. The van der Waals surface area contributed by atoms with Crippen LogP contribution in [-0.4, -0.2) is 49.7 Å². The smallest absolute Gasteiger partial charge is 0.243 e. The molecule has 1 aromatic rings. The first kappa shape index (κ1) is 18.0. The Hall–Kier alpha value is -1.40. The molecule has 6 heteroatoms. The molecule has 0 bridgehead atoms. The van der Waals surface area contributed by atoms with E-state index in [9.17, 15) is 13.2 Å². The first-order chi connectivity index (χ1) is 12.6. The molecule has 5 nitrogen and oxygen atoms in total. The first-order valence-electron chi connectivity index (χ1n) is 9.96. The summed E-state index contributed by atoms with van der Waals surface area (Å²) in [6.07, 6.45) is 8.62. The lowest BCUT2D eigenvalue weighted by Crippen LogP contribution is -2.51. The molecule has 142 valence electrons. The van der Waals surface area contributed by atoms with Crippen molar-refractivity contribution in [1.29, 1.82) is 0 Å². The van der Waals surface area contributed by atoms with Gasteiger partial charge in [0, 0.05) is 32.1 Å². The number of rotatable bonds is 3. The highest BCUT2D eigenvalue weighted by Crippen LogP contribution is 2.28. The van der Waals surface area contributed by atoms with Gasteiger partial charge < -0.3 is 4.90 Å². The maximum atomic E-state index is 13.0. The topological polar surface area (TPSA) is 57.7 Å². The van der Waals surface area contributed by atoms with Gasteiger partial charge in [0.1, 0.15) is 0 Å². The summed E-state index contributed by atoms with van der Waals surface area (Å²) in [5.74, 6) is 0.395. The lowest BCUT2D eigenvalue weighted by atomic mass is 9.92. The van der Waals surface area contributed by atoms with E-state index in [1.165, 1.54) is 17.5 Å². The van der Waals surface area contributed by atoms with Crippen LogP contribution in [0.1, 0.15) is 49.7 Å². The van der Waals surface area contributed by atoms with Gasteiger partial charge in [0.15, 0.2) is 0 Å². The molecule has 4 rings (SSSR count). The minimum Gasteiger partial charge on any atom is -0.340 e. The van der Waals surface area contributed by atoms with Crippen molar-refractivity contribution in [3.63, 3.8) is 0 Å². The Bertz CT molecular complexity index is 776. The molecule has 0 radical (unpaired) electrons. The predicted octanol–water partition coefficient (Wildman–Crippen LogP) is 2.59. The van der Waals surface area contributed by atoms with Crippen LogP contribution in [-0.2, 0) is 27.7 Å². The number of nitrogens with zero attached hydrogens (tertiary/aromatic N) is 2. The van der Waals surface area contributed by atoms with Gasteiger partial charge in [0.05, 0.1) is 4.90 Å². The number of amides is 1. The number of carbonyl (C=O) groups is 1. The third-order valence-corrected chi connectivity index (χ3v) is 8.11. The summed E-state index contributed by atoms with van der Waals surface area (Å²) in [5.41, 5.74) is 2.48. The Balaban J connectivity index is 1.44. The second-order valence-electron chi connectivity index (χ2n) is 7.85. The molecule has 1 aliphatic heterocycles. The van der Waals surface area contributed by atoms with E-state index >= 15 is 0 Å². The third kappa shape index (κ3) is 3.41. The zero-order chi connectivity index (χ0) is 18.1. The van der Waals surface area contributed by atoms with Gasteiger partial charge in [0.2, 0.25) is 15.9 Å². The van der Waals surface area contributed by atoms with Crippen LogP contribution in [0.3, 0.4) is 0 Å². The summed E-state index contributed by atoms with van der Waals surface area (Å²) >= 11 is 0. The fourth-order valence-corrected chi connectivity index (χ4v) is 6.07. The van der Waals surface area contributed by atoms with Gasteiger partial charge in [-0.1, -0.05) is 18.9 Å². The van der Waals surface area contributed by atoms with Crippen molar-refractivity contribution in [3.8, 4) is 0 Å². The van der Waals surface area contributed by atoms with Crippen LogP contribution < -0.4 is 0 Å². The van der Waals surface area contributed by atoms with Crippen LogP contribution in [0.15, 0.2) is 23.1 Å². The molecular weight excluding hydrogens is 348 g/mol. The summed E-state index contributed by atoms with van der Waals surface area (Å²) < 4.78 is 27.6. The van der Waals surface area contributed by atoms with Crippen LogP contribution >= 0.6 is 0 Å². The second kappa shape index (κ2) is 7.31. The summed E-state index contributed by atoms with van der Waals surface area (Å²) in [4.78, 5) is 14.8. The summed E-state index contributed by atoms with van der Waals surface area (Å²) in [6.45, 7) is 1.83. The lowest BCUT2D eigenvalue weighted by Gasteiger charge is -2.35. The van der Waals surface area contributed by atoms with Crippen molar-refractivity contribution in [2.45, 2.75) is 56.3 Å². The van der Waals surface area contributed by atoms with Crippen molar-refractivity contribution in [3.05, 3.63) is 29.3 Å². The van der Waals surface area contributed by atoms with Crippen molar-refractivity contribution < 1.29 is 13.2 Å². The highest BCUT2D eigenvalue weighted by atomic mass is 32.2. The number of sulfonamides is 1. The molecule has 0 spiro atoms. The van der Waals surface area contributed by atoms with E-state index in [1.807, 2.05) is 17.0 Å². The van der Waals surface area contributed by atoms with Crippen molar-refractivity contribution in [2.24, 2.45) is 5.92 Å². The Morgan fingerprint density at radius 2 is 1.54 bits per heavy atom. The van der Waals surface area contributed by atoms with Gasteiger partial charge in [-0.2, -0.15) is 4.31 Å². The minimum atomic E-state index is -3.47. The van der Waals surface area contributed by atoms with E-state index in [0.717, 1.165) is 44.9 Å². The summed E-state index contributed by atoms with van der Waals surface area (Å²) in [6, 6.07) is 5.62. The molecule has 0 aromatic heterocycles. The van der Waals surface area contributed by atoms with Crippen LogP contribution in [0.4, 0.5) is 0 Å². The predicted molar refractivity (Wildman–Crippen MR) is 100 cm³/mol. The van der Waals surface area contributed by atoms with E-state index in [0.29, 0.717) is 31.1 Å². The SMILES string of the molecule is O=C(C1CCCC1)N1CCN(S(=O)(=O)c2ccc3c(c2)CCCC3)CC1. The Morgan fingerprint density at radius 1 is 0.885 bits per heavy atom. The number of benzene rings is 1. The zero-order valence-corrected chi connectivity index (χ0v) is 16.1. The Kier molecular flexibility index (Phi) is 5.06. The van der Waals surface area contributed by atoms with Crippen LogP contribution in [0, 0.1) is 5.92 Å². The molecular formula is C20H28N2O3S. The molecule has 1 saturated carbocycles. The van der Waals surface area contributed by atoms with Gasteiger partial charge in [-0.05, 0) is 61.8 Å². The fraction of sp³-hybridized carbons (Fsp3) is 0.650. The van der Waals surface area contributed by atoms with Crippen molar-refractivity contribution in [1.82, 2.24) is 9.21 Å². The van der Waals surface area contributed by atoms with E-state index in [-0.39, 0.29) is 11.8 Å². The molecule has 0 unspecified atom stereocenters. The van der Waals surface area contributed by atoms with Gasteiger partial charge in [-0.15, -0.1) is 0 Å². The van der Waals surface area contributed by atoms with Crippen LogP contribution in [0.5, 0.6) is 0 Å². The molecule has 1 saturated heterocycles. The molecule has 1 heterocycles. The van der Waals surface area contributed by atoms with Gasteiger partial charge in [0.25, 0.3) is 0 Å². The maximum Gasteiger partial charge on any atom is 0.243 e. The highest BCUT2D eigenvalue weighted by molar-refractivity contribution is 7.89. The fourth-order valence-electron chi connectivity index (χ4n) is 4.60. The quantitative estimate of drug-likeness (QED) is 0.815. The van der Waals surface area contributed by atoms with Crippen molar-refractivity contribution >= 4 is 15.9 Å². The number of carbonyl (C=O) groups excluding carboxylic acids is 1. The maximum absolute atomic E-state index is 13.0. The molecule has 1 aromatic carbocycles. The molecule has 2 aliphatic carbocycles. The standard InChI is InChI=1S/C20H28N2O3S/c23-20(17-6-2-3-7-17)21-11-13-22(14-12-21)26(24,25)19-10-9-16-5-1-4-8-18(16)15-19/h9-10,15,17H,1-8,11-14H2. The van der Waals surface area contributed by atoms with Crippen LogP contribution in [0.2, 0.25) is 0 Å². The summed E-state index contributed by atoms with van der Waals surface area (Å²) in [7, 11) is -3.47. The second-order valence-corrected chi connectivity index (χ2v) is 9.79. The van der Waals surface area contributed by atoms with Crippen molar-refractivity contribution in [2.75, 3.05) is 26.2 Å². The average molecular weight is 377 g/mol. The lowest BCUT2D eigenvalue weighted by molar-refractivity contribution is -0.136. The van der Waals surface area contributed by atoms with E-state index in [2.05, 4.69) is 0 Å². The molecule has 1 amide bonds. The Morgan fingerprint density at radius 3 is 2.23 bits per heavy atom. The number of hydrogen-bond acceptors (Lipinski definition) is 3. The van der Waals surface area contributed by atoms with E-state index in [1.54, 1.807) is 10.4 Å². The Labute approximate surface area is 156 Å². The number of hydrogen-bond donors (Lipinski definition) is 0. The monoisotopic (exact) mass is 376 g/mol. The number of piperazine rings is 1. The zero-order valence-electron chi connectivity index (χ0n) is 15.3. The van der Waals surface area contributed by atoms with E-state index < -0.39 is 10.0 Å². The molecule has 3 aliphatic rings. The van der Waals surface area contributed by atoms with Gasteiger partial charge in [-0.25, -0.2) is 8.42 Å². The summed E-state index contributed by atoms with van der Waals surface area (Å²) in [5, 5.41) is 0. The average Bonchev–Trinajstić information content (AvgIpc) is 3.22. The van der Waals surface area contributed by atoms with Gasteiger partial charge in [-0.3, -0.25) is 4.79 Å². The van der Waals surface area contributed by atoms with E-state index in [4.69, 9.17) is 0 Å². The third-order valence-electron chi connectivity index (χ3n) is 6.21. The highest BCUT2D eigenvalue weighted by Gasteiger charge is 2.33. The first-order valence-corrected chi connectivity index (χ1v) is 11.4. The molecule has 2 fully saturated rings. The number of aryl methyl sites for hydroxylation is 2.